The zero-order valence-electron chi connectivity index (χ0n) is 7.30. The third kappa shape index (κ3) is 4.66. The minimum atomic E-state index is 0.00310. The van der Waals surface area contributed by atoms with Crippen LogP contribution in [0.25, 0.3) is 0 Å². The van der Waals surface area contributed by atoms with E-state index in [1.54, 1.807) is 0 Å². The number of rotatable bonds is 5. The monoisotopic (exact) mass is 264 g/mol. The molecule has 0 fully saturated rings. The second-order valence-electron chi connectivity index (χ2n) is 2.68. The van der Waals surface area contributed by atoms with Crippen LogP contribution in [0.5, 0.6) is 0 Å². The molecule has 0 aromatic heterocycles. The summed E-state index contributed by atoms with van der Waals surface area (Å²) in [6.07, 6.45) is 4.20. The van der Waals surface area contributed by atoms with E-state index in [0.29, 0.717) is 22.9 Å². The summed E-state index contributed by atoms with van der Waals surface area (Å²) in [6, 6.07) is 0. The number of hydrogen-bond donors (Lipinski definition) is 0. The first kappa shape index (κ1) is 11.3. The standard InChI is InChI=1S/C8H16O2.Sn.H/c1-3-5-6-7(4-2)8(9)10;;/h7H,3-6H2,1-2H3,(H,9,10);;/q;+1;/p-1. The molecule has 0 aromatic rings. The molecule has 2 nitrogen and oxygen atoms in total. The van der Waals surface area contributed by atoms with Crippen molar-refractivity contribution in [1.82, 2.24) is 0 Å². The molecule has 11 heavy (non-hydrogen) atoms. The van der Waals surface area contributed by atoms with E-state index < -0.39 is 0 Å². The summed E-state index contributed by atoms with van der Waals surface area (Å²) in [6.45, 7) is 4.18. The summed E-state index contributed by atoms with van der Waals surface area (Å²) < 4.78 is 4.79. The van der Waals surface area contributed by atoms with E-state index in [-0.39, 0.29) is 11.9 Å². The first-order chi connectivity index (χ1) is 5.26. The van der Waals surface area contributed by atoms with Crippen molar-refractivity contribution in [3.8, 4) is 0 Å². The minimum absolute atomic E-state index is 0.00310. The summed E-state index contributed by atoms with van der Waals surface area (Å²) >= 11 is 0.593. The quantitative estimate of drug-likeness (QED) is 0.703. The van der Waals surface area contributed by atoms with E-state index in [4.69, 9.17) is 3.07 Å². The Morgan fingerprint density at radius 2 is 2.18 bits per heavy atom. The Morgan fingerprint density at radius 1 is 1.55 bits per heavy atom. The van der Waals surface area contributed by atoms with Crippen LogP contribution in [-0.2, 0) is 7.87 Å². The Labute approximate surface area is 82.3 Å². The average Bonchev–Trinajstić information content (AvgIpc) is 2.05. The molecule has 3 heteroatoms. The number of carbonyl (C=O) groups is 1. The molecule has 64 valence electrons. The van der Waals surface area contributed by atoms with Gasteiger partial charge in [-0.1, -0.05) is 0 Å². The Kier molecular flexibility index (Phi) is 7.12. The van der Waals surface area contributed by atoms with Gasteiger partial charge in [-0.25, -0.2) is 0 Å². The Bertz CT molecular complexity index is 115. The van der Waals surface area contributed by atoms with Crippen LogP contribution in [0, 0.1) is 5.92 Å². The van der Waals surface area contributed by atoms with Crippen LogP contribution in [-0.4, -0.2) is 28.9 Å². The molecule has 0 saturated carbocycles. The van der Waals surface area contributed by atoms with Crippen LogP contribution < -0.4 is 0 Å². The fourth-order valence-corrected chi connectivity index (χ4v) is 1.58. The molecule has 0 bridgehead atoms. The number of carbonyl (C=O) groups excluding carboxylic acids is 1. The van der Waals surface area contributed by atoms with Gasteiger partial charge in [-0.3, -0.25) is 0 Å². The normalized spacial score (nSPS) is 12.6. The molecule has 0 aliphatic carbocycles. The van der Waals surface area contributed by atoms with Gasteiger partial charge in [0.25, 0.3) is 0 Å². The average molecular weight is 263 g/mol. The summed E-state index contributed by atoms with van der Waals surface area (Å²) in [5, 5.41) is 0. The Morgan fingerprint density at radius 3 is 2.55 bits per heavy atom. The van der Waals surface area contributed by atoms with Gasteiger partial charge in [0.15, 0.2) is 0 Å². The van der Waals surface area contributed by atoms with Crippen molar-refractivity contribution in [1.29, 1.82) is 0 Å². The molecule has 0 rings (SSSR count). The van der Waals surface area contributed by atoms with Crippen molar-refractivity contribution in [3.05, 3.63) is 0 Å². The van der Waals surface area contributed by atoms with E-state index in [0.717, 1.165) is 25.7 Å². The van der Waals surface area contributed by atoms with Crippen LogP contribution in [0.4, 0.5) is 0 Å². The van der Waals surface area contributed by atoms with Gasteiger partial charge in [-0.2, -0.15) is 0 Å². The zero-order chi connectivity index (χ0) is 8.69. The topological polar surface area (TPSA) is 26.3 Å². The molecule has 2 radical (unpaired) electrons. The second kappa shape index (κ2) is 6.95. The van der Waals surface area contributed by atoms with E-state index in [2.05, 4.69) is 6.92 Å². The van der Waals surface area contributed by atoms with Gasteiger partial charge in [0.1, 0.15) is 0 Å². The van der Waals surface area contributed by atoms with Crippen LogP contribution in [0.3, 0.4) is 0 Å². The molecule has 0 N–H and O–H groups in total. The molecule has 0 aromatic carbocycles. The van der Waals surface area contributed by atoms with E-state index in [1.807, 2.05) is 6.92 Å². The van der Waals surface area contributed by atoms with Crippen molar-refractivity contribution in [3.63, 3.8) is 0 Å². The fraction of sp³-hybridized carbons (Fsp3) is 0.875. The van der Waals surface area contributed by atoms with E-state index in [1.165, 1.54) is 0 Å². The van der Waals surface area contributed by atoms with Gasteiger partial charge in [0.2, 0.25) is 0 Å². The van der Waals surface area contributed by atoms with Gasteiger partial charge in [0, 0.05) is 0 Å². The van der Waals surface area contributed by atoms with Crippen molar-refractivity contribution in [2.24, 2.45) is 5.92 Å². The molecule has 0 amide bonds. The van der Waals surface area contributed by atoms with Crippen LogP contribution in [0.1, 0.15) is 39.5 Å². The molecular formula is C8H16O2Sn. The summed E-state index contributed by atoms with van der Waals surface area (Å²) in [5.74, 6) is 0.161. The van der Waals surface area contributed by atoms with Crippen LogP contribution in [0.15, 0.2) is 0 Å². The Balaban J connectivity index is 3.65. The van der Waals surface area contributed by atoms with Crippen molar-refractivity contribution < 1.29 is 7.87 Å². The maximum atomic E-state index is 11.1. The van der Waals surface area contributed by atoms with Gasteiger partial charge in [0.05, 0.1) is 0 Å². The fourth-order valence-electron chi connectivity index (χ4n) is 1.04. The third-order valence-corrected chi connectivity index (χ3v) is 2.51. The van der Waals surface area contributed by atoms with E-state index >= 15 is 0 Å². The first-order valence-corrected chi connectivity index (χ1v) is 5.51. The molecule has 1 atom stereocenters. The molecule has 0 aliphatic rings. The van der Waals surface area contributed by atoms with Gasteiger partial charge in [-0.05, 0) is 0 Å². The number of hydrogen-bond acceptors (Lipinski definition) is 2. The molecular weight excluding hydrogens is 247 g/mol. The predicted molar refractivity (Wildman–Crippen MR) is 46.5 cm³/mol. The van der Waals surface area contributed by atoms with Gasteiger partial charge < -0.3 is 0 Å². The van der Waals surface area contributed by atoms with Crippen LogP contribution >= 0.6 is 0 Å². The molecule has 0 heterocycles. The predicted octanol–water partition coefficient (Wildman–Crippen LogP) is 1.56. The summed E-state index contributed by atoms with van der Waals surface area (Å²) in [7, 11) is 0. The Hall–Kier alpha value is 0.269. The van der Waals surface area contributed by atoms with Crippen molar-refractivity contribution in [2.45, 2.75) is 39.5 Å². The SMILES string of the molecule is CCCCC(CC)C(=O)[O][SnH]. The number of unbranched alkanes of at least 4 members (excludes halogenated alkanes) is 1. The molecule has 0 aliphatic heterocycles. The molecule has 1 unspecified atom stereocenters. The summed E-state index contributed by atoms with van der Waals surface area (Å²) in [5.41, 5.74) is 0. The molecule has 0 saturated heterocycles. The molecule has 0 spiro atoms. The summed E-state index contributed by atoms with van der Waals surface area (Å²) in [4.78, 5) is 11.1. The maximum absolute atomic E-state index is 11.1. The van der Waals surface area contributed by atoms with Crippen molar-refractivity contribution in [2.75, 3.05) is 0 Å². The van der Waals surface area contributed by atoms with Crippen molar-refractivity contribution >= 4 is 28.9 Å². The zero-order valence-corrected chi connectivity index (χ0v) is 10.6. The van der Waals surface area contributed by atoms with E-state index in [9.17, 15) is 4.79 Å². The van der Waals surface area contributed by atoms with Gasteiger partial charge >= 0.3 is 82.2 Å². The third-order valence-electron chi connectivity index (χ3n) is 1.85. The van der Waals surface area contributed by atoms with Gasteiger partial charge in [-0.15, -0.1) is 0 Å². The first-order valence-electron chi connectivity index (χ1n) is 4.16. The second-order valence-corrected chi connectivity index (χ2v) is 3.36. The van der Waals surface area contributed by atoms with Crippen LogP contribution in [0.2, 0.25) is 0 Å².